The molecular formula is C13H14N2O4. The van der Waals surface area contributed by atoms with E-state index in [0.717, 1.165) is 12.8 Å². The Labute approximate surface area is 108 Å². The summed E-state index contributed by atoms with van der Waals surface area (Å²) in [4.78, 5) is 23.0. The highest BCUT2D eigenvalue weighted by molar-refractivity contribution is 5.88. The summed E-state index contributed by atoms with van der Waals surface area (Å²) < 4.78 is 8.62. The smallest absolute Gasteiger partial charge is 0.339 e. The van der Waals surface area contributed by atoms with Gasteiger partial charge < -0.3 is 9.52 Å². The lowest BCUT2D eigenvalue weighted by molar-refractivity contribution is 0.0695. The lowest BCUT2D eigenvalue weighted by atomic mass is 10.2. The zero-order chi connectivity index (χ0) is 13.6. The second-order valence-electron chi connectivity index (χ2n) is 4.83. The van der Waals surface area contributed by atoms with E-state index in [-0.39, 0.29) is 17.8 Å². The van der Waals surface area contributed by atoms with Gasteiger partial charge in [0, 0.05) is 18.4 Å². The SMILES string of the molecule is Cc1oc(Cn2ccn(C3CC3)c2=O)cc1C(=O)O. The molecule has 1 aliphatic carbocycles. The number of carboxylic acids is 1. The van der Waals surface area contributed by atoms with Crippen LogP contribution in [0.2, 0.25) is 0 Å². The van der Waals surface area contributed by atoms with Gasteiger partial charge in [0.1, 0.15) is 17.1 Å². The molecule has 0 saturated heterocycles. The molecule has 2 aromatic rings. The van der Waals surface area contributed by atoms with Gasteiger partial charge in [0.25, 0.3) is 0 Å². The molecular weight excluding hydrogens is 248 g/mol. The maximum Gasteiger partial charge on any atom is 0.339 e. The standard InChI is InChI=1S/C13H14N2O4/c1-8-11(12(16)17)6-10(19-8)7-14-4-5-15(13(14)18)9-2-3-9/h4-6,9H,2-3,7H2,1H3,(H,16,17). The van der Waals surface area contributed by atoms with Crippen LogP contribution in [0.5, 0.6) is 0 Å². The molecule has 19 heavy (non-hydrogen) atoms. The van der Waals surface area contributed by atoms with Crippen LogP contribution in [-0.4, -0.2) is 20.2 Å². The molecule has 0 unspecified atom stereocenters. The third-order valence-corrected chi connectivity index (χ3v) is 3.34. The van der Waals surface area contributed by atoms with Gasteiger partial charge in [-0.25, -0.2) is 9.59 Å². The van der Waals surface area contributed by atoms with E-state index in [1.54, 1.807) is 23.9 Å². The van der Waals surface area contributed by atoms with E-state index in [9.17, 15) is 9.59 Å². The number of nitrogens with zero attached hydrogens (tertiary/aromatic N) is 2. The molecule has 0 amide bonds. The summed E-state index contributed by atoms with van der Waals surface area (Å²) in [6.45, 7) is 1.86. The van der Waals surface area contributed by atoms with Crippen LogP contribution in [0.1, 0.15) is 40.8 Å². The number of carboxylic acid groups (broad SMARTS) is 1. The fourth-order valence-electron chi connectivity index (χ4n) is 2.18. The average Bonchev–Trinajstić information content (AvgIpc) is 3.03. The molecule has 0 atom stereocenters. The molecule has 1 saturated carbocycles. The summed E-state index contributed by atoms with van der Waals surface area (Å²) in [5, 5.41) is 8.95. The van der Waals surface area contributed by atoms with E-state index in [1.165, 1.54) is 10.6 Å². The van der Waals surface area contributed by atoms with Crippen molar-refractivity contribution in [3.63, 3.8) is 0 Å². The normalized spacial score (nSPS) is 14.8. The fraction of sp³-hybridized carbons (Fsp3) is 0.385. The van der Waals surface area contributed by atoms with E-state index in [0.29, 0.717) is 17.6 Å². The highest BCUT2D eigenvalue weighted by atomic mass is 16.4. The number of aryl methyl sites for hydroxylation is 1. The molecule has 2 aromatic heterocycles. The number of aromatic carboxylic acids is 1. The van der Waals surface area contributed by atoms with Crippen LogP contribution < -0.4 is 5.69 Å². The molecule has 6 nitrogen and oxygen atoms in total. The summed E-state index contributed by atoms with van der Waals surface area (Å²) in [5.74, 6) is -0.182. The quantitative estimate of drug-likeness (QED) is 0.908. The van der Waals surface area contributed by atoms with Crippen molar-refractivity contribution in [1.82, 2.24) is 9.13 Å². The van der Waals surface area contributed by atoms with Gasteiger partial charge in [-0.15, -0.1) is 0 Å². The van der Waals surface area contributed by atoms with Crippen molar-refractivity contribution < 1.29 is 14.3 Å². The minimum absolute atomic E-state index is 0.0755. The van der Waals surface area contributed by atoms with Crippen molar-refractivity contribution in [2.45, 2.75) is 32.4 Å². The molecule has 100 valence electrons. The number of hydrogen-bond donors (Lipinski definition) is 1. The Morgan fingerprint density at radius 2 is 2.21 bits per heavy atom. The molecule has 0 aliphatic heterocycles. The maximum absolute atomic E-state index is 12.0. The van der Waals surface area contributed by atoms with Gasteiger partial charge in [-0.3, -0.25) is 9.13 Å². The first-order valence-electron chi connectivity index (χ1n) is 6.16. The first kappa shape index (κ1) is 11.8. The molecule has 0 radical (unpaired) electrons. The summed E-state index contributed by atoms with van der Waals surface area (Å²) in [6, 6.07) is 1.81. The van der Waals surface area contributed by atoms with Crippen LogP contribution in [0.3, 0.4) is 0 Å². The van der Waals surface area contributed by atoms with Crippen LogP contribution >= 0.6 is 0 Å². The molecule has 1 aliphatic rings. The number of imidazole rings is 1. The predicted molar refractivity (Wildman–Crippen MR) is 66.5 cm³/mol. The Kier molecular flexibility index (Phi) is 2.58. The van der Waals surface area contributed by atoms with Gasteiger partial charge in [-0.1, -0.05) is 0 Å². The van der Waals surface area contributed by atoms with Gasteiger partial charge in [0.15, 0.2) is 0 Å². The average molecular weight is 262 g/mol. The molecule has 0 bridgehead atoms. The Bertz CT molecular complexity index is 688. The maximum atomic E-state index is 12.0. The number of hydrogen-bond acceptors (Lipinski definition) is 3. The summed E-state index contributed by atoms with van der Waals surface area (Å²) in [5.41, 5.74) is 0.0677. The molecule has 0 spiro atoms. The Hall–Kier alpha value is -2.24. The number of carbonyl (C=O) groups is 1. The monoisotopic (exact) mass is 262 g/mol. The molecule has 2 heterocycles. The molecule has 0 aromatic carbocycles. The van der Waals surface area contributed by atoms with Crippen molar-refractivity contribution >= 4 is 5.97 Å². The van der Waals surface area contributed by atoms with Crippen LogP contribution in [0.15, 0.2) is 27.7 Å². The summed E-state index contributed by atoms with van der Waals surface area (Å²) in [6.07, 6.45) is 5.58. The number of aromatic nitrogens is 2. The summed E-state index contributed by atoms with van der Waals surface area (Å²) >= 11 is 0. The first-order valence-corrected chi connectivity index (χ1v) is 6.16. The van der Waals surface area contributed by atoms with Crippen LogP contribution in [0.25, 0.3) is 0 Å². The largest absolute Gasteiger partial charge is 0.478 e. The first-order chi connectivity index (χ1) is 9.06. The highest BCUT2D eigenvalue weighted by Crippen LogP contribution is 2.33. The van der Waals surface area contributed by atoms with Crippen molar-refractivity contribution in [1.29, 1.82) is 0 Å². The summed E-state index contributed by atoms with van der Waals surface area (Å²) in [7, 11) is 0. The lowest BCUT2D eigenvalue weighted by Gasteiger charge is -1.98. The Balaban J connectivity index is 1.87. The molecule has 6 heteroatoms. The number of rotatable bonds is 4. The molecule has 1 fully saturated rings. The molecule has 3 rings (SSSR count). The van der Waals surface area contributed by atoms with Gasteiger partial charge in [0.2, 0.25) is 0 Å². The van der Waals surface area contributed by atoms with E-state index in [2.05, 4.69) is 0 Å². The third-order valence-electron chi connectivity index (χ3n) is 3.34. The van der Waals surface area contributed by atoms with E-state index >= 15 is 0 Å². The fourth-order valence-corrected chi connectivity index (χ4v) is 2.18. The van der Waals surface area contributed by atoms with Gasteiger partial charge in [0.05, 0.1) is 6.54 Å². The van der Waals surface area contributed by atoms with Gasteiger partial charge >= 0.3 is 11.7 Å². The predicted octanol–water partition coefficient (Wildman–Crippen LogP) is 1.63. The van der Waals surface area contributed by atoms with Crippen LogP contribution in [0, 0.1) is 6.92 Å². The van der Waals surface area contributed by atoms with Crippen molar-refractivity contribution in [2.24, 2.45) is 0 Å². The van der Waals surface area contributed by atoms with Crippen LogP contribution in [0.4, 0.5) is 0 Å². The minimum Gasteiger partial charge on any atom is -0.478 e. The van der Waals surface area contributed by atoms with E-state index in [4.69, 9.17) is 9.52 Å². The van der Waals surface area contributed by atoms with Crippen LogP contribution in [-0.2, 0) is 6.54 Å². The van der Waals surface area contributed by atoms with Gasteiger partial charge in [-0.05, 0) is 25.8 Å². The van der Waals surface area contributed by atoms with Crippen molar-refractivity contribution in [2.75, 3.05) is 0 Å². The third kappa shape index (κ3) is 2.09. The highest BCUT2D eigenvalue weighted by Gasteiger charge is 2.25. The Morgan fingerprint density at radius 3 is 2.79 bits per heavy atom. The zero-order valence-electron chi connectivity index (χ0n) is 10.5. The topological polar surface area (TPSA) is 77.4 Å². The minimum atomic E-state index is -1.02. The van der Waals surface area contributed by atoms with Gasteiger partial charge in [-0.2, -0.15) is 0 Å². The number of furan rings is 1. The second kappa shape index (κ2) is 4.15. The molecule has 1 N–H and O–H groups in total. The second-order valence-corrected chi connectivity index (χ2v) is 4.83. The lowest BCUT2D eigenvalue weighted by Crippen LogP contribution is -2.23. The van der Waals surface area contributed by atoms with E-state index < -0.39 is 5.97 Å². The van der Waals surface area contributed by atoms with Crippen molar-refractivity contribution in [3.8, 4) is 0 Å². The van der Waals surface area contributed by atoms with E-state index in [1.807, 2.05) is 0 Å². The Morgan fingerprint density at radius 1 is 1.47 bits per heavy atom. The zero-order valence-corrected chi connectivity index (χ0v) is 10.5. The van der Waals surface area contributed by atoms with Crippen molar-refractivity contribution in [3.05, 3.63) is 46.0 Å².